The Morgan fingerprint density at radius 3 is 1.92 bits per heavy atom. The summed E-state index contributed by atoms with van der Waals surface area (Å²) in [7, 11) is 0. The summed E-state index contributed by atoms with van der Waals surface area (Å²) in [6, 6.07) is 27.5. The van der Waals surface area contributed by atoms with Crippen molar-refractivity contribution in [2.45, 2.75) is 19.4 Å². The van der Waals surface area contributed by atoms with Gasteiger partial charge in [0.05, 0.1) is 0 Å². The Morgan fingerprint density at radius 2 is 1.25 bits per heavy atom. The van der Waals surface area contributed by atoms with Crippen LogP contribution in [0.25, 0.3) is 21.8 Å². The second kappa shape index (κ2) is 6.64. The Hall–Kier alpha value is -2.98. The number of rotatable bonds is 3. The van der Waals surface area contributed by atoms with Gasteiger partial charge in [0.1, 0.15) is 0 Å². The molecule has 0 unspecified atom stereocenters. The van der Waals surface area contributed by atoms with Crippen LogP contribution in [0.4, 0.5) is 0 Å². The number of aryl methyl sites for hydroxylation is 1. The van der Waals surface area contributed by atoms with Crippen molar-refractivity contribution >= 4 is 21.8 Å². The van der Waals surface area contributed by atoms with E-state index in [0.717, 1.165) is 24.9 Å². The average Bonchev–Trinajstić information content (AvgIpc) is 2.97. The molecule has 24 heavy (non-hydrogen) atoms. The molecular weight excluding hydrogens is 290 g/mol. The van der Waals surface area contributed by atoms with Gasteiger partial charge in [0, 0.05) is 40.3 Å². The number of nitrogens with zero attached hydrogens (tertiary/aromatic N) is 1. The van der Waals surface area contributed by atoms with Gasteiger partial charge in [-0.15, -0.1) is 0 Å². The summed E-state index contributed by atoms with van der Waals surface area (Å²) in [5, 5.41) is 2.67. The highest BCUT2D eigenvalue weighted by Gasteiger charge is 2.08. The SMILES string of the molecule is C(#Cc1ccccc1)CCCn1c2ccccc2c2ccccc21. The van der Waals surface area contributed by atoms with Crippen molar-refractivity contribution in [1.29, 1.82) is 0 Å². The molecule has 1 heteroatoms. The van der Waals surface area contributed by atoms with Crippen molar-refractivity contribution in [1.82, 2.24) is 4.57 Å². The first-order chi connectivity index (χ1) is 11.9. The average molecular weight is 309 g/mol. The molecule has 1 heterocycles. The summed E-state index contributed by atoms with van der Waals surface area (Å²) in [6.45, 7) is 0.998. The standard InChI is InChI=1S/C23H19N/c1-3-11-19(12-4-1)13-5-2-10-18-24-22-16-8-6-14-20(22)21-15-7-9-17-23(21)24/h1,3-4,6-9,11-12,14-17H,2,10,18H2. The molecule has 3 aromatic carbocycles. The molecule has 0 aliphatic heterocycles. The molecule has 0 atom stereocenters. The molecule has 0 fully saturated rings. The smallest absolute Gasteiger partial charge is 0.0491 e. The van der Waals surface area contributed by atoms with E-state index >= 15 is 0 Å². The van der Waals surface area contributed by atoms with E-state index in [1.807, 2.05) is 18.2 Å². The zero-order valence-electron chi connectivity index (χ0n) is 13.6. The van der Waals surface area contributed by atoms with Gasteiger partial charge in [-0.25, -0.2) is 0 Å². The van der Waals surface area contributed by atoms with Crippen molar-refractivity contribution in [2.24, 2.45) is 0 Å². The van der Waals surface area contributed by atoms with E-state index in [0.29, 0.717) is 0 Å². The fraction of sp³-hybridized carbons (Fsp3) is 0.130. The molecule has 0 aliphatic rings. The second-order valence-electron chi connectivity index (χ2n) is 5.96. The molecule has 0 amide bonds. The van der Waals surface area contributed by atoms with Gasteiger partial charge < -0.3 is 4.57 Å². The fourth-order valence-corrected chi connectivity index (χ4v) is 3.26. The Morgan fingerprint density at radius 1 is 0.667 bits per heavy atom. The van der Waals surface area contributed by atoms with Gasteiger partial charge >= 0.3 is 0 Å². The highest BCUT2D eigenvalue weighted by Crippen LogP contribution is 2.28. The summed E-state index contributed by atoms with van der Waals surface area (Å²) in [5.74, 6) is 6.54. The highest BCUT2D eigenvalue weighted by molar-refractivity contribution is 6.07. The van der Waals surface area contributed by atoms with Crippen molar-refractivity contribution in [3.8, 4) is 11.8 Å². The lowest BCUT2D eigenvalue weighted by atomic mass is 10.2. The first-order valence-electron chi connectivity index (χ1n) is 8.43. The lowest BCUT2D eigenvalue weighted by Gasteiger charge is -2.05. The fourth-order valence-electron chi connectivity index (χ4n) is 3.26. The molecule has 0 aliphatic carbocycles. The van der Waals surface area contributed by atoms with Crippen molar-refractivity contribution in [3.63, 3.8) is 0 Å². The molecule has 1 nitrogen and oxygen atoms in total. The van der Waals surface area contributed by atoms with E-state index in [4.69, 9.17) is 0 Å². The summed E-state index contributed by atoms with van der Waals surface area (Å²) < 4.78 is 2.43. The van der Waals surface area contributed by atoms with Crippen LogP contribution in [0.2, 0.25) is 0 Å². The predicted octanol–water partition coefficient (Wildman–Crippen LogP) is 5.63. The monoisotopic (exact) mass is 309 g/mol. The van der Waals surface area contributed by atoms with Crippen LogP contribution in [0.15, 0.2) is 78.9 Å². The van der Waals surface area contributed by atoms with Crippen LogP contribution in [0.5, 0.6) is 0 Å². The summed E-state index contributed by atoms with van der Waals surface area (Å²) in [6.07, 6.45) is 1.97. The lowest BCUT2D eigenvalue weighted by molar-refractivity contribution is 0.694. The van der Waals surface area contributed by atoms with Gasteiger partial charge in [-0.1, -0.05) is 66.4 Å². The predicted molar refractivity (Wildman–Crippen MR) is 102 cm³/mol. The normalized spacial score (nSPS) is 10.7. The zero-order chi connectivity index (χ0) is 16.2. The second-order valence-corrected chi connectivity index (χ2v) is 5.96. The van der Waals surface area contributed by atoms with Gasteiger partial charge in [0.2, 0.25) is 0 Å². The van der Waals surface area contributed by atoms with Crippen LogP contribution in [0, 0.1) is 11.8 Å². The van der Waals surface area contributed by atoms with Crippen LogP contribution in [0.3, 0.4) is 0 Å². The van der Waals surface area contributed by atoms with Crippen LogP contribution in [-0.2, 0) is 6.54 Å². The van der Waals surface area contributed by atoms with Crippen molar-refractivity contribution in [3.05, 3.63) is 84.4 Å². The molecule has 0 bridgehead atoms. The van der Waals surface area contributed by atoms with Gasteiger partial charge in [0.25, 0.3) is 0 Å². The molecule has 0 saturated heterocycles. The van der Waals surface area contributed by atoms with Crippen LogP contribution < -0.4 is 0 Å². The van der Waals surface area contributed by atoms with Crippen molar-refractivity contribution in [2.75, 3.05) is 0 Å². The Balaban J connectivity index is 1.55. The molecule has 1 aromatic heterocycles. The van der Waals surface area contributed by atoms with Gasteiger partial charge in [-0.3, -0.25) is 0 Å². The van der Waals surface area contributed by atoms with Crippen LogP contribution >= 0.6 is 0 Å². The Labute approximate surface area is 142 Å². The quantitative estimate of drug-likeness (QED) is 0.341. The van der Waals surface area contributed by atoms with E-state index in [-0.39, 0.29) is 0 Å². The molecule has 4 rings (SSSR count). The summed E-state index contributed by atoms with van der Waals surface area (Å²) in [5.41, 5.74) is 3.72. The third-order valence-electron chi connectivity index (χ3n) is 4.37. The maximum absolute atomic E-state index is 3.30. The van der Waals surface area contributed by atoms with Gasteiger partial charge in [-0.05, 0) is 30.7 Å². The van der Waals surface area contributed by atoms with Crippen LogP contribution in [0.1, 0.15) is 18.4 Å². The molecule has 0 radical (unpaired) electrons. The number of fused-ring (bicyclic) bond motifs is 3. The minimum Gasteiger partial charge on any atom is -0.340 e. The molecule has 0 N–H and O–H groups in total. The van der Waals surface area contributed by atoms with Gasteiger partial charge in [-0.2, -0.15) is 0 Å². The third kappa shape index (κ3) is 2.79. The minimum absolute atomic E-state index is 0.912. The van der Waals surface area contributed by atoms with E-state index in [2.05, 4.69) is 77.1 Å². The largest absolute Gasteiger partial charge is 0.340 e. The Bertz CT molecular complexity index is 976. The number of aromatic nitrogens is 1. The van der Waals surface area contributed by atoms with E-state index in [1.54, 1.807) is 0 Å². The van der Waals surface area contributed by atoms with E-state index in [9.17, 15) is 0 Å². The maximum atomic E-state index is 3.30. The van der Waals surface area contributed by atoms with Crippen LogP contribution in [-0.4, -0.2) is 4.57 Å². The number of hydrogen-bond acceptors (Lipinski definition) is 0. The van der Waals surface area contributed by atoms with E-state index < -0.39 is 0 Å². The molecular formula is C23H19N. The topological polar surface area (TPSA) is 4.93 Å². The highest BCUT2D eigenvalue weighted by atomic mass is 15.0. The van der Waals surface area contributed by atoms with Crippen molar-refractivity contribution < 1.29 is 0 Å². The first-order valence-corrected chi connectivity index (χ1v) is 8.43. The minimum atomic E-state index is 0.912. The zero-order valence-corrected chi connectivity index (χ0v) is 13.6. The summed E-state index contributed by atoms with van der Waals surface area (Å²) >= 11 is 0. The van der Waals surface area contributed by atoms with E-state index in [1.165, 1.54) is 21.8 Å². The number of benzene rings is 3. The molecule has 0 spiro atoms. The number of unbranched alkanes of at least 4 members (excludes halogenated alkanes) is 1. The molecule has 0 saturated carbocycles. The number of hydrogen-bond donors (Lipinski definition) is 0. The first kappa shape index (κ1) is 14.6. The molecule has 116 valence electrons. The maximum Gasteiger partial charge on any atom is 0.0491 e. The Kier molecular flexibility index (Phi) is 4.04. The lowest BCUT2D eigenvalue weighted by Crippen LogP contribution is -1.97. The third-order valence-corrected chi connectivity index (χ3v) is 4.37. The van der Waals surface area contributed by atoms with Gasteiger partial charge in [0.15, 0.2) is 0 Å². The molecule has 4 aromatic rings. The summed E-state index contributed by atoms with van der Waals surface area (Å²) in [4.78, 5) is 0. The number of para-hydroxylation sites is 2.